The van der Waals surface area contributed by atoms with Crippen molar-refractivity contribution in [2.45, 2.75) is 38.8 Å². The van der Waals surface area contributed by atoms with E-state index in [0.29, 0.717) is 6.10 Å². The molecule has 1 rings (SSSR count). The lowest BCUT2D eigenvalue weighted by molar-refractivity contribution is 0.117. The Labute approximate surface area is 100 Å². The van der Waals surface area contributed by atoms with E-state index in [2.05, 4.69) is 13.8 Å². The molecule has 0 spiro atoms. The average Bonchev–Trinajstić information content (AvgIpc) is 3.11. The number of ether oxygens (including phenoxy) is 2. The normalized spacial score (nSPS) is 19.3. The summed E-state index contributed by atoms with van der Waals surface area (Å²) in [6, 6.07) is 0.937. The Hall–Kier alpha value is 0.0569. The highest BCUT2D eigenvalue weighted by Gasteiger charge is 2.22. The lowest BCUT2D eigenvalue weighted by Crippen LogP contribution is -2.25. The molecule has 0 amide bonds. The summed E-state index contributed by atoms with van der Waals surface area (Å²) in [5.74, 6) is 0. The van der Waals surface area contributed by atoms with E-state index >= 15 is 0 Å². The average molecular weight is 248 g/mol. The first-order valence-corrected chi connectivity index (χ1v) is 8.05. The number of rotatable bonds is 11. The van der Waals surface area contributed by atoms with Crippen molar-refractivity contribution in [3.05, 3.63) is 0 Å². The van der Waals surface area contributed by atoms with Crippen LogP contribution in [0.5, 0.6) is 0 Å². The van der Waals surface area contributed by atoms with Crippen LogP contribution in [0.4, 0.5) is 0 Å². The molecular weight excluding hydrogens is 224 g/mol. The number of hydrogen-bond acceptors (Lipinski definition) is 4. The number of hydrogen-bond donors (Lipinski definition) is 0. The van der Waals surface area contributed by atoms with Gasteiger partial charge >= 0.3 is 9.28 Å². The molecule has 1 aliphatic rings. The molecule has 5 heteroatoms. The predicted octanol–water partition coefficient (Wildman–Crippen LogP) is 1.48. The van der Waals surface area contributed by atoms with Crippen LogP contribution in [0, 0.1) is 0 Å². The second-order valence-electron chi connectivity index (χ2n) is 3.99. The van der Waals surface area contributed by atoms with E-state index in [1.54, 1.807) is 0 Å². The molecule has 1 heterocycles. The fourth-order valence-electron chi connectivity index (χ4n) is 1.27. The molecule has 1 atom stereocenters. The van der Waals surface area contributed by atoms with Gasteiger partial charge in [0.2, 0.25) is 0 Å². The van der Waals surface area contributed by atoms with Crippen molar-refractivity contribution in [3.63, 3.8) is 0 Å². The highest BCUT2D eigenvalue weighted by molar-refractivity contribution is 6.44. The van der Waals surface area contributed by atoms with Crippen molar-refractivity contribution >= 4 is 9.28 Å². The maximum absolute atomic E-state index is 5.72. The zero-order chi connectivity index (χ0) is 11.6. The summed E-state index contributed by atoms with van der Waals surface area (Å²) >= 11 is 0. The van der Waals surface area contributed by atoms with Gasteiger partial charge in [-0.3, -0.25) is 0 Å². The van der Waals surface area contributed by atoms with Crippen LogP contribution in [0.25, 0.3) is 0 Å². The van der Waals surface area contributed by atoms with Crippen molar-refractivity contribution < 1.29 is 18.3 Å². The molecule has 0 saturated carbocycles. The predicted molar refractivity (Wildman–Crippen MR) is 65.0 cm³/mol. The van der Waals surface area contributed by atoms with Gasteiger partial charge < -0.3 is 18.3 Å². The molecule has 0 aromatic carbocycles. The number of epoxide rings is 1. The Balaban J connectivity index is 1.99. The van der Waals surface area contributed by atoms with Gasteiger partial charge in [0.15, 0.2) is 0 Å². The molecule has 4 nitrogen and oxygen atoms in total. The largest absolute Gasteiger partial charge is 0.396 e. The molecule has 1 fully saturated rings. The maximum Gasteiger partial charge on any atom is 0.323 e. The van der Waals surface area contributed by atoms with Crippen LogP contribution in [0.2, 0.25) is 6.04 Å². The van der Waals surface area contributed by atoms with Gasteiger partial charge in [-0.05, 0) is 12.8 Å². The highest BCUT2D eigenvalue weighted by Crippen LogP contribution is 2.09. The van der Waals surface area contributed by atoms with Crippen molar-refractivity contribution in [2.75, 3.05) is 33.0 Å². The van der Waals surface area contributed by atoms with Crippen LogP contribution >= 0.6 is 0 Å². The third kappa shape index (κ3) is 7.35. The van der Waals surface area contributed by atoms with E-state index in [-0.39, 0.29) is 0 Å². The maximum atomic E-state index is 5.72. The Morgan fingerprint density at radius 1 is 1.12 bits per heavy atom. The third-order valence-corrected chi connectivity index (χ3v) is 4.14. The fourth-order valence-corrected chi connectivity index (χ4v) is 3.06. The summed E-state index contributed by atoms with van der Waals surface area (Å²) in [6.07, 6.45) is 2.46. The fraction of sp³-hybridized carbons (Fsp3) is 1.00. The summed E-state index contributed by atoms with van der Waals surface area (Å²) < 4.78 is 22.0. The lowest BCUT2D eigenvalue weighted by Gasteiger charge is -2.15. The topological polar surface area (TPSA) is 40.2 Å². The standard InChI is InChI=1S/C11H24O4Si/c1-3-5-14-16(15-6-4-2)8-7-12-9-11-10-13-11/h11,16H,3-10H2,1-2H3. The Morgan fingerprint density at radius 2 is 1.75 bits per heavy atom. The molecular formula is C11H24O4Si. The first-order chi connectivity index (χ1) is 7.86. The van der Waals surface area contributed by atoms with E-state index in [4.69, 9.17) is 18.3 Å². The molecule has 0 N–H and O–H groups in total. The summed E-state index contributed by atoms with van der Waals surface area (Å²) in [5.41, 5.74) is 0. The monoisotopic (exact) mass is 248 g/mol. The van der Waals surface area contributed by atoms with Crippen LogP contribution in [0.15, 0.2) is 0 Å². The minimum atomic E-state index is -1.48. The van der Waals surface area contributed by atoms with Crippen LogP contribution in [0.3, 0.4) is 0 Å². The third-order valence-electron chi connectivity index (χ3n) is 2.22. The van der Waals surface area contributed by atoms with Crippen molar-refractivity contribution in [2.24, 2.45) is 0 Å². The van der Waals surface area contributed by atoms with Gasteiger partial charge in [-0.2, -0.15) is 0 Å². The quantitative estimate of drug-likeness (QED) is 0.315. The Kier molecular flexibility index (Phi) is 8.05. The molecule has 0 aliphatic carbocycles. The van der Waals surface area contributed by atoms with Crippen LogP contribution in [0.1, 0.15) is 26.7 Å². The van der Waals surface area contributed by atoms with E-state index in [1.807, 2.05) is 0 Å². The zero-order valence-electron chi connectivity index (χ0n) is 10.4. The zero-order valence-corrected chi connectivity index (χ0v) is 11.6. The van der Waals surface area contributed by atoms with Gasteiger partial charge in [0.05, 0.1) is 13.2 Å². The van der Waals surface area contributed by atoms with E-state index in [0.717, 1.165) is 51.9 Å². The SMILES string of the molecule is CCCO[SiH](CCOCC1CO1)OCCC. The smallest absolute Gasteiger partial charge is 0.323 e. The summed E-state index contributed by atoms with van der Waals surface area (Å²) in [6.45, 7) is 8.18. The van der Waals surface area contributed by atoms with Gasteiger partial charge in [-0.25, -0.2) is 0 Å². The van der Waals surface area contributed by atoms with E-state index < -0.39 is 9.28 Å². The first-order valence-electron chi connectivity index (χ1n) is 6.29. The van der Waals surface area contributed by atoms with Gasteiger partial charge in [0.1, 0.15) is 6.10 Å². The van der Waals surface area contributed by atoms with Gasteiger partial charge in [-0.1, -0.05) is 13.8 Å². The molecule has 96 valence electrons. The van der Waals surface area contributed by atoms with Gasteiger partial charge in [0, 0.05) is 25.9 Å². The van der Waals surface area contributed by atoms with Crippen LogP contribution in [-0.2, 0) is 18.3 Å². The van der Waals surface area contributed by atoms with Crippen LogP contribution < -0.4 is 0 Å². The van der Waals surface area contributed by atoms with Crippen molar-refractivity contribution in [3.8, 4) is 0 Å². The van der Waals surface area contributed by atoms with Crippen molar-refractivity contribution in [1.82, 2.24) is 0 Å². The van der Waals surface area contributed by atoms with Gasteiger partial charge in [0.25, 0.3) is 0 Å². The van der Waals surface area contributed by atoms with Crippen molar-refractivity contribution in [1.29, 1.82) is 0 Å². The van der Waals surface area contributed by atoms with E-state index in [9.17, 15) is 0 Å². The first kappa shape index (κ1) is 14.1. The van der Waals surface area contributed by atoms with E-state index in [1.165, 1.54) is 0 Å². The van der Waals surface area contributed by atoms with Gasteiger partial charge in [-0.15, -0.1) is 0 Å². The molecule has 0 aromatic heterocycles. The summed E-state index contributed by atoms with van der Waals surface area (Å²) in [7, 11) is -1.48. The molecule has 1 aliphatic heterocycles. The molecule has 0 bridgehead atoms. The highest BCUT2D eigenvalue weighted by atomic mass is 28.3. The van der Waals surface area contributed by atoms with Crippen LogP contribution in [-0.4, -0.2) is 48.4 Å². The molecule has 1 unspecified atom stereocenters. The molecule has 0 aromatic rings. The molecule has 0 radical (unpaired) electrons. The Bertz CT molecular complexity index is 156. The summed E-state index contributed by atoms with van der Waals surface area (Å²) in [5, 5.41) is 0. The second kappa shape index (κ2) is 9.12. The summed E-state index contributed by atoms with van der Waals surface area (Å²) in [4.78, 5) is 0. The minimum absolute atomic E-state index is 0.355. The molecule has 16 heavy (non-hydrogen) atoms. The molecule has 1 saturated heterocycles. The second-order valence-corrected chi connectivity index (χ2v) is 6.09. The minimum Gasteiger partial charge on any atom is -0.396 e. The Morgan fingerprint density at radius 3 is 2.25 bits per heavy atom. The lowest BCUT2D eigenvalue weighted by atomic mass is 10.5.